The van der Waals surface area contributed by atoms with Crippen LogP contribution >= 0.6 is 11.6 Å². The molecular weight excluding hydrogens is 232 g/mol. The SMILES string of the molecule is Cc1ccc(Oc2ccccc2C)c(CCl)c1. The Morgan fingerprint density at radius 3 is 2.47 bits per heavy atom. The molecule has 0 aliphatic heterocycles. The van der Waals surface area contributed by atoms with Crippen LogP contribution in [0.25, 0.3) is 0 Å². The number of alkyl halides is 1. The van der Waals surface area contributed by atoms with Crippen LogP contribution < -0.4 is 4.74 Å². The van der Waals surface area contributed by atoms with Crippen molar-refractivity contribution >= 4 is 11.6 Å². The van der Waals surface area contributed by atoms with E-state index in [0.717, 1.165) is 22.6 Å². The van der Waals surface area contributed by atoms with Crippen LogP contribution in [0.1, 0.15) is 16.7 Å². The third kappa shape index (κ3) is 2.80. The fourth-order valence-corrected chi connectivity index (χ4v) is 1.91. The number of benzene rings is 2. The summed E-state index contributed by atoms with van der Waals surface area (Å²) in [7, 11) is 0. The fraction of sp³-hybridized carbons (Fsp3) is 0.200. The van der Waals surface area contributed by atoms with Crippen molar-refractivity contribution in [3.05, 3.63) is 59.2 Å². The van der Waals surface area contributed by atoms with Crippen LogP contribution in [0.2, 0.25) is 0 Å². The van der Waals surface area contributed by atoms with Crippen LogP contribution in [0.3, 0.4) is 0 Å². The molecule has 0 aliphatic rings. The van der Waals surface area contributed by atoms with E-state index in [1.165, 1.54) is 5.56 Å². The van der Waals surface area contributed by atoms with E-state index in [9.17, 15) is 0 Å². The first-order valence-corrected chi connectivity index (χ1v) is 6.13. The zero-order chi connectivity index (χ0) is 12.3. The van der Waals surface area contributed by atoms with Gasteiger partial charge in [-0.25, -0.2) is 0 Å². The van der Waals surface area contributed by atoms with Gasteiger partial charge in [0.05, 0.1) is 5.88 Å². The Bertz CT molecular complexity index is 520. The van der Waals surface area contributed by atoms with E-state index in [1.54, 1.807) is 0 Å². The lowest BCUT2D eigenvalue weighted by Crippen LogP contribution is -1.92. The van der Waals surface area contributed by atoms with Gasteiger partial charge in [0.1, 0.15) is 11.5 Å². The van der Waals surface area contributed by atoms with Crippen molar-refractivity contribution in [1.82, 2.24) is 0 Å². The van der Waals surface area contributed by atoms with E-state index in [4.69, 9.17) is 16.3 Å². The molecule has 0 radical (unpaired) electrons. The van der Waals surface area contributed by atoms with Crippen molar-refractivity contribution in [1.29, 1.82) is 0 Å². The van der Waals surface area contributed by atoms with Crippen LogP contribution in [-0.4, -0.2) is 0 Å². The van der Waals surface area contributed by atoms with Crippen LogP contribution in [0.15, 0.2) is 42.5 Å². The van der Waals surface area contributed by atoms with Gasteiger partial charge >= 0.3 is 0 Å². The average molecular weight is 247 g/mol. The molecule has 0 aliphatic carbocycles. The van der Waals surface area contributed by atoms with Crippen molar-refractivity contribution in [3.63, 3.8) is 0 Å². The number of rotatable bonds is 3. The first kappa shape index (κ1) is 12.0. The second-order valence-electron chi connectivity index (χ2n) is 4.11. The zero-order valence-electron chi connectivity index (χ0n) is 10.0. The van der Waals surface area contributed by atoms with Gasteiger partial charge < -0.3 is 4.74 Å². The Kier molecular flexibility index (Phi) is 3.70. The normalized spacial score (nSPS) is 10.3. The first-order valence-electron chi connectivity index (χ1n) is 5.59. The maximum atomic E-state index is 5.93. The molecule has 1 nitrogen and oxygen atoms in total. The number of para-hydroxylation sites is 1. The summed E-state index contributed by atoms with van der Waals surface area (Å²) >= 11 is 5.93. The highest BCUT2D eigenvalue weighted by Gasteiger charge is 2.05. The number of hydrogen-bond acceptors (Lipinski definition) is 1. The monoisotopic (exact) mass is 246 g/mol. The fourth-order valence-electron chi connectivity index (χ4n) is 1.70. The van der Waals surface area contributed by atoms with Gasteiger partial charge in [0, 0.05) is 5.56 Å². The molecular formula is C15H15ClO. The minimum absolute atomic E-state index is 0.461. The molecule has 0 heterocycles. The number of halogens is 1. The summed E-state index contributed by atoms with van der Waals surface area (Å²) in [5.41, 5.74) is 3.33. The molecule has 2 aromatic rings. The zero-order valence-corrected chi connectivity index (χ0v) is 10.8. The lowest BCUT2D eigenvalue weighted by atomic mass is 10.1. The van der Waals surface area contributed by atoms with Crippen LogP contribution in [0.4, 0.5) is 0 Å². The van der Waals surface area contributed by atoms with Gasteiger partial charge in [0.2, 0.25) is 0 Å². The molecule has 0 spiro atoms. The van der Waals surface area contributed by atoms with Crippen molar-refractivity contribution in [3.8, 4) is 11.5 Å². The van der Waals surface area contributed by atoms with Crippen LogP contribution in [-0.2, 0) is 5.88 Å². The van der Waals surface area contributed by atoms with Crippen LogP contribution in [0.5, 0.6) is 11.5 Å². The molecule has 0 saturated carbocycles. The molecule has 0 amide bonds. The molecule has 2 heteroatoms. The second-order valence-corrected chi connectivity index (χ2v) is 4.38. The van der Waals surface area contributed by atoms with Gasteiger partial charge in [-0.05, 0) is 31.5 Å². The molecule has 0 saturated heterocycles. The minimum Gasteiger partial charge on any atom is -0.457 e. The summed E-state index contributed by atoms with van der Waals surface area (Å²) in [6.45, 7) is 4.08. The molecule has 17 heavy (non-hydrogen) atoms. The van der Waals surface area contributed by atoms with Crippen molar-refractivity contribution in [2.24, 2.45) is 0 Å². The first-order chi connectivity index (χ1) is 8.20. The average Bonchev–Trinajstić information content (AvgIpc) is 2.34. The second kappa shape index (κ2) is 5.24. The van der Waals surface area contributed by atoms with Gasteiger partial charge in [0.15, 0.2) is 0 Å². The molecule has 0 fully saturated rings. The number of hydrogen-bond donors (Lipinski definition) is 0. The highest BCUT2D eigenvalue weighted by atomic mass is 35.5. The van der Waals surface area contributed by atoms with Gasteiger partial charge in [-0.15, -0.1) is 11.6 Å². The summed E-state index contributed by atoms with van der Waals surface area (Å²) in [6.07, 6.45) is 0. The van der Waals surface area contributed by atoms with Crippen LogP contribution in [0, 0.1) is 13.8 Å². The summed E-state index contributed by atoms with van der Waals surface area (Å²) in [4.78, 5) is 0. The molecule has 0 aromatic heterocycles. The van der Waals surface area contributed by atoms with Gasteiger partial charge in [-0.3, -0.25) is 0 Å². The van der Waals surface area contributed by atoms with Gasteiger partial charge in [0.25, 0.3) is 0 Å². The van der Waals surface area contributed by atoms with Crippen molar-refractivity contribution in [2.75, 3.05) is 0 Å². The maximum Gasteiger partial charge on any atom is 0.131 e. The number of ether oxygens (including phenoxy) is 1. The summed E-state index contributed by atoms with van der Waals surface area (Å²) in [6, 6.07) is 14.0. The van der Waals surface area contributed by atoms with E-state index in [-0.39, 0.29) is 0 Å². The van der Waals surface area contributed by atoms with Gasteiger partial charge in [-0.1, -0.05) is 35.9 Å². The standard InChI is InChI=1S/C15H15ClO/c1-11-7-8-15(13(9-11)10-16)17-14-6-4-3-5-12(14)2/h3-9H,10H2,1-2H3. The van der Waals surface area contributed by atoms with E-state index in [2.05, 4.69) is 6.07 Å². The Labute approximate surface area is 107 Å². The highest BCUT2D eigenvalue weighted by molar-refractivity contribution is 6.17. The predicted octanol–water partition coefficient (Wildman–Crippen LogP) is 4.83. The Balaban J connectivity index is 2.33. The molecule has 0 bridgehead atoms. The maximum absolute atomic E-state index is 5.93. The number of aryl methyl sites for hydroxylation is 2. The van der Waals surface area contributed by atoms with E-state index < -0.39 is 0 Å². The summed E-state index contributed by atoms with van der Waals surface area (Å²) in [5, 5.41) is 0. The smallest absolute Gasteiger partial charge is 0.131 e. The van der Waals surface area contributed by atoms with Gasteiger partial charge in [-0.2, -0.15) is 0 Å². The third-order valence-electron chi connectivity index (χ3n) is 2.67. The molecule has 0 atom stereocenters. The Morgan fingerprint density at radius 2 is 1.76 bits per heavy atom. The molecule has 88 valence electrons. The lowest BCUT2D eigenvalue weighted by Gasteiger charge is -2.12. The predicted molar refractivity (Wildman–Crippen MR) is 72.0 cm³/mol. The molecule has 2 aromatic carbocycles. The molecule has 2 rings (SSSR count). The summed E-state index contributed by atoms with van der Waals surface area (Å²) in [5.74, 6) is 2.17. The van der Waals surface area contributed by atoms with E-state index in [1.807, 2.05) is 50.2 Å². The van der Waals surface area contributed by atoms with Crippen molar-refractivity contribution < 1.29 is 4.74 Å². The van der Waals surface area contributed by atoms with E-state index in [0.29, 0.717) is 5.88 Å². The Hall–Kier alpha value is -1.47. The van der Waals surface area contributed by atoms with Crippen molar-refractivity contribution in [2.45, 2.75) is 19.7 Å². The molecule has 0 N–H and O–H groups in total. The van der Waals surface area contributed by atoms with E-state index >= 15 is 0 Å². The quantitative estimate of drug-likeness (QED) is 0.705. The topological polar surface area (TPSA) is 9.23 Å². The lowest BCUT2D eigenvalue weighted by molar-refractivity contribution is 0.474. The molecule has 0 unspecified atom stereocenters. The summed E-state index contributed by atoms with van der Waals surface area (Å²) < 4.78 is 5.90. The highest BCUT2D eigenvalue weighted by Crippen LogP contribution is 2.29. The minimum atomic E-state index is 0.461. The Morgan fingerprint density at radius 1 is 1.00 bits per heavy atom. The third-order valence-corrected chi connectivity index (χ3v) is 2.96. The largest absolute Gasteiger partial charge is 0.457 e.